The van der Waals surface area contributed by atoms with Gasteiger partial charge in [-0.2, -0.15) is 0 Å². The quantitative estimate of drug-likeness (QED) is 0.867. The van der Waals surface area contributed by atoms with Gasteiger partial charge < -0.3 is 10.6 Å². The average Bonchev–Trinajstić information content (AvgIpc) is 2.42. The molecule has 1 amide bonds. The molecule has 1 aromatic rings. The Labute approximate surface area is 126 Å². The summed E-state index contributed by atoms with van der Waals surface area (Å²) < 4.78 is 0. The zero-order valence-electron chi connectivity index (χ0n) is 12.3. The van der Waals surface area contributed by atoms with Crippen molar-refractivity contribution in [2.75, 3.05) is 11.9 Å². The van der Waals surface area contributed by atoms with Gasteiger partial charge in [0.15, 0.2) is 0 Å². The first-order valence-corrected chi connectivity index (χ1v) is 7.48. The number of carbonyl (C=O) groups excluding carboxylic acids is 1. The Hall–Kier alpha value is -1.42. The summed E-state index contributed by atoms with van der Waals surface area (Å²) in [6.45, 7) is 4.24. The summed E-state index contributed by atoms with van der Waals surface area (Å²) in [4.78, 5) is 14.8. The molecule has 4 heteroatoms. The monoisotopic (exact) mass is 290 g/mol. The number of rotatable bonds is 4. The molecule has 108 valence electrons. The number of carbonyl (C=O) groups is 1. The van der Waals surface area contributed by atoms with E-state index in [9.17, 15) is 4.79 Å². The molecule has 1 aromatic carbocycles. The Kier molecular flexibility index (Phi) is 4.14. The molecular formula is C16H22N2OS. The number of hydrogen-bond donors (Lipinski definition) is 1. The Morgan fingerprint density at radius 1 is 1.40 bits per heavy atom. The van der Waals surface area contributed by atoms with Gasteiger partial charge in [0.2, 0.25) is 5.91 Å². The van der Waals surface area contributed by atoms with Crippen LogP contribution >= 0.6 is 12.2 Å². The molecule has 1 fully saturated rings. The largest absolute Gasteiger partial charge is 0.392 e. The van der Waals surface area contributed by atoms with Crippen molar-refractivity contribution in [3.05, 3.63) is 29.8 Å². The highest BCUT2D eigenvalue weighted by molar-refractivity contribution is 7.80. The van der Waals surface area contributed by atoms with Crippen molar-refractivity contribution in [2.45, 2.75) is 33.1 Å². The first kappa shape index (κ1) is 15.0. The van der Waals surface area contributed by atoms with E-state index in [4.69, 9.17) is 18.0 Å². The standard InChI is InChI=1S/C16H22N2OS/c1-4-12-5-7-13(8-6-12)18(3)15(19)16(14(17)20)9-11(2)10-16/h5-8,11H,4,9-10H2,1-3H3,(H2,17,20). The van der Waals surface area contributed by atoms with Gasteiger partial charge in [-0.1, -0.05) is 38.2 Å². The van der Waals surface area contributed by atoms with Crippen LogP contribution in [0.3, 0.4) is 0 Å². The van der Waals surface area contributed by atoms with Gasteiger partial charge in [0.1, 0.15) is 0 Å². The summed E-state index contributed by atoms with van der Waals surface area (Å²) in [6, 6.07) is 8.06. The van der Waals surface area contributed by atoms with Crippen LogP contribution in [0.25, 0.3) is 0 Å². The number of nitrogens with two attached hydrogens (primary N) is 1. The van der Waals surface area contributed by atoms with Crippen molar-refractivity contribution < 1.29 is 4.79 Å². The lowest BCUT2D eigenvalue weighted by Crippen LogP contribution is -2.56. The first-order chi connectivity index (χ1) is 9.40. The molecule has 2 N–H and O–H groups in total. The Balaban J connectivity index is 2.21. The van der Waals surface area contributed by atoms with E-state index in [-0.39, 0.29) is 5.91 Å². The van der Waals surface area contributed by atoms with Crippen molar-refractivity contribution in [1.82, 2.24) is 0 Å². The van der Waals surface area contributed by atoms with Gasteiger partial charge >= 0.3 is 0 Å². The van der Waals surface area contributed by atoms with Crippen molar-refractivity contribution in [3.8, 4) is 0 Å². The number of amides is 1. The fraction of sp³-hybridized carbons (Fsp3) is 0.500. The first-order valence-electron chi connectivity index (χ1n) is 7.07. The third-order valence-corrected chi connectivity index (χ3v) is 4.70. The van der Waals surface area contributed by atoms with E-state index in [1.807, 2.05) is 12.1 Å². The van der Waals surface area contributed by atoms with Crippen LogP contribution in [-0.4, -0.2) is 17.9 Å². The third kappa shape index (κ3) is 2.44. The van der Waals surface area contributed by atoms with Crippen molar-refractivity contribution >= 4 is 28.8 Å². The number of thiocarbonyl (C=S) groups is 1. The predicted octanol–water partition coefficient (Wildman–Crippen LogP) is 2.91. The summed E-state index contributed by atoms with van der Waals surface area (Å²) in [7, 11) is 1.80. The second kappa shape index (κ2) is 5.52. The van der Waals surface area contributed by atoms with Crippen LogP contribution in [0.1, 0.15) is 32.3 Å². The fourth-order valence-electron chi connectivity index (χ4n) is 3.00. The minimum Gasteiger partial charge on any atom is -0.392 e. The van der Waals surface area contributed by atoms with Crippen LogP contribution in [0.5, 0.6) is 0 Å². The maximum absolute atomic E-state index is 12.7. The highest BCUT2D eigenvalue weighted by Crippen LogP contribution is 2.47. The molecule has 0 spiro atoms. The Morgan fingerprint density at radius 2 is 1.95 bits per heavy atom. The second-order valence-corrected chi connectivity index (χ2v) is 6.28. The molecule has 0 aliphatic heterocycles. The molecule has 0 unspecified atom stereocenters. The van der Waals surface area contributed by atoms with Gasteiger partial charge in [0.25, 0.3) is 0 Å². The smallest absolute Gasteiger partial charge is 0.239 e. The molecule has 0 saturated heterocycles. The number of anilines is 1. The van der Waals surface area contributed by atoms with E-state index < -0.39 is 5.41 Å². The highest BCUT2D eigenvalue weighted by atomic mass is 32.1. The second-order valence-electron chi connectivity index (χ2n) is 5.84. The zero-order chi connectivity index (χ0) is 14.9. The molecule has 2 rings (SSSR count). The van der Waals surface area contributed by atoms with Crippen molar-refractivity contribution in [2.24, 2.45) is 17.1 Å². The van der Waals surface area contributed by atoms with E-state index in [2.05, 4.69) is 26.0 Å². The van der Waals surface area contributed by atoms with E-state index >= 15 is 0 Å². The predicted molar refractivity (Wildman–Crippen MR) is 86.8 cm³/mol. The lowest BCUT2D eigenvalue weighted by atomic mass is 9.61. The molecular weight excluding hydrogens is 268 g/mol. The van der Waals surface area contributed by atoms with Gasteiger partial charge in [-0.15, -0.1) is 0 Å². The normalized spacial score (nSPS) is 24.9. The van der Waals surface area contributed by atoms with Gasteiger partial charge in [-0.05, 0) is 42.9 Å². The molecule has 0 heterocycles. The molecule has 0 bridgehead atoms. The van der Waals surface area contributed by atoms with Crippen LogP contribution in [0.2, 0.25) is 0 Å². The summed E-state index contributed by atoms with van der Waals surface area (Å²) in [6.07, 6.45) is 2.52. The lowest BCUT2D eigenvalue weighted by molar-refractivity contribution is -0.129. The molecule has 0 atom stereocenters. The minimum absolute atomic E-state index is 0.0207. The van der Waals surface area contributed by atoms with Crippen LogP contribution in [-0.2, 0) is 11.2 Å². The van der Waals surface area contributed by atoms with Crippen LogP contribution in [0, 0.1) is 11.3 Å². The Morgan fingerprint density at radius 3 is 2.35 bits per heavy atom. The minimum atomic E-state index is -0.632. The van der Waals surface area contributed by atoms with Gasteiger partial charge in [-0.25, -0.2) is 0 Å². The van der Waals surface area contributed by atoms with E-state index in [1.54, 1.807) is 11.9 Å². The van der Waals surface area contributed by atoms with Gasteiger partial charge in [-0.3, -0.25) is 4.79 Å². The molecule has 3 nitrogen and oxygen atoms in total. The van der Waals surface area contributed by atoms with E-state index in [1.165, 1.54) is 5.56 Å². The molecule has 1 saturated carbocycles. The summed E-state index contributed by atoms with van der Waals surface area (Å²) >= 11 is 5.15. The van der Waals surface area contributed by atoms with Crippen molar-refractivity contribution in [1.29, 1.82) is 0 Å². The topological polar surface area (TPSA) is 46.3 Å². The zero-order valence-corrected chi connectivity index (χ0v) is 13.2. The molecule has 0 radical (unpaired) electrons. The molecule has 1 aliphatic carbocycles. The highest BCUT2D eigenvalue weighted by Gasteiger charge is 2.52. The number of aryl methyl sites for hydroxylation is 1. The third-order valence-electron chi connectivity index (χ3n) is 4.31. The van der Waals surface area contributed by atoms with E-state index in [0.29, 0.717) is 10.9 Å². The summed E-state index contributed by atoms with van der Waals surface area (Å²) in [5.74, 6) is 0.531. The molecule has 1 aliphatic rings. The van der Waals surface area contributed by atoms with Crippen LogP contribution in [0.4, 0.5) is 5.69 Å². The molecule has 0 aromatic heterocycles. The number of nitrogens with zero attached hydrogens (tertiary/aromatic N) is 1. The number of benzene rings is 1. The van der Waals surface area contributed by atoms with Gasteiger partial charge in [0.05, 0.1) is 10.4 Å². The van der Waals surface area contributed by atoms with Gasteiger partial charge in [0, 0.05) is 12.7 Å². The summed E-state index contributed by atoms with van der Waals surface area (Å²) in [5.41, 5.74) is 7.36. The lowest BCUT2D eigenvalue weighted by Gasteiger charge is -2.46. The molecule has 20 heavy (non-hydrogen) atoms. The maximum Gasteiger partial charge on any atom is 0.239 e. The van der Waals surface area contributed by atoms with Crippen LogP contribution < -0.4 is 10.6 Å². The number of hydrogen-bond acceptors (Lipinski definition) is 2. The van der Waals surface area contributed by atoms with Crippen molar-refractivity contribution in [3.63, 3.8) is 0 Å². The fourth-order valence-corrected chi connectivity index (χ4v) is 3.26. The average molecular weight is 290 g/mol. The summed E-state index contributed by atoms with van der Waals surface area (Å²) in [5, 5.41) is 0. The maximum atomic E-state index is 12.7. The van der Waals surface area contributed by atoms with E-state index in [0.717, 1.165) is 24.9 Å². The Bertz CT molecular complexity index is 518. The SMILES string of the molecule is CCc1ccc(N(C)C(=O)C2(C(N)=S)CC(C)C2)cc1. The van der Waals surface area contributed by atoms with Crippen LogP contribution in [0.15, 0.2) is 24.3 Å².